The molecule has 2 aliphatic rings. The first-order valence-electron chi connectivity index (χ1n) is 7.65. The minimum atomic E-state index is -0.297. The van der Waals surface area contributed by atoms with E-state index in [4.69, 9.17) is 9.31 Å². The first kappa shape index (κ1) is 16.4. The summed E-state index contributed by atoms with van der Waals surface area (Å²) in [5.74, 6) is 0. The molecule has 0 aromatic heterocycles. The average Bonchev–Trinajstić information content (AvgIpc) is 2.59. The first-order chi connectivity index (χ1) is 9.62. The van der Waals surface area contributed by atoms with Gasteiger partial charge in [-0.05, 0) is 52.4 Å². The van der Waals surface area contributed by atoms with Crippen molar-refractivity contribution in [2.75, 3.05) is 14.1 Å². The lowest BCUT2D eigenvalue weighted by atomic mass is 9.72. The number of hydrogen-bond acceptors (Lipinski definition) is 3. The molecule has 1 heterocycles. The molecule has 5 nitrogen and oxygen atoms in total. The Morgan fingerprint density at radius 2 is 1.86 bits per heavy atom. The van der Waals surface area contributed by atoms with Crippen molar-refractivity contribution in [3.05, 3.63) is 11.5 Å². The highest BCUT2D eigenvalue weighted by molar-refractivity contribution is 6.54. The lowest BCUT2D eigenvalue weighted by molar-refractivity contribution is 0.00578. The van der Waals surface area contributed by atoms with Crippen molar-refractivity contribution in [1.82, 2.24) is 10.2 Å². The van der Waals surface area contributed by atoms with E-state index in [1.165, 1.54) is 5.47 Å². The summed E-state index contributed by atoms with van der Waals surface area (Å²) in [5, 5.41) is 3.02. The highest BCUT2D eigenvalue weighted by Crippen LogP contribution is 2.40. The fraction of sp³-hybridized carbons (Fsp3) is 0.800. The van der Waals surface area contributed by atoms with Gasteiger partial charge in [-0.1, -0.05) is 6.08 Å². The third-order valence-corrected chi connectivity index (χ3v) is 4.74. The lowest BCUT2D eigenvalue weighted by Gasteiger charge is -2.32. The van der Waals surface area contributed by atoms with E-state index < -0.39 is 0 Å². The van der Waals surface area contributed by atoms with Gasteiger partial charge in [-0.15, -0.1) is 0 Å². The number of nitrogens with one attached hydrogen (secondary N) is 1. The van der Waals surface area contributed by atoms with E-state index in [1.807, 2.05) is 0 Å². The summed E-state index contributed by atoms with van der Waals surface area (Å²) in [5.41, 5.74) is 0.604. The van der Waals surface area contributed by atoms with Gasteiger partial charge >= 0.3 is 13.1 Å². The van der Waals surface area contributed by atoms with Gasteiger partial charge in [0.05, 0.1) is 11.2 Å². The van der Waals surface area contributed by atoms with Crippen LogP contribution in [-0.2, 0) is 9.31 Å². The van der Waals surface area contributed by atoms with Crippen LogP contribution in [0.2, 0.25) is 0 Å². The van der Waals surface area contributed by atoms with Crippen LogP contribution in [0.3, 0.4) is 0 Å². The summed E-state index contributed by atoms with van der Waals surface area (Å²) < 4.78 is 12.1. The van der Waals surface area contributed by atoms with Crippen molar-refractivity contribution in [2.45, 2.75) is 64.2 Å². The van der Waals surface area contributed by atoms with Crippen LogP contribution in [0, 0.1) is 0 Å². The number of carbonyl (C=O) groups is 1. The van der Waals surface area contributed by atoms with E-state index in [0.29, 0.717) is 0 Å². The maximum absolute atomic E-state index is 11.7. The summed E-state index contributed by atoms with van der Waals surface area (Å²) >= 11 is 0. The predicted octanol–water partition coefficient (Wildman–Crippen LogP) is 2.37. The molecule has 0 radical (unpaired) electrons. The fourth-order valence-corrected chi connectivity index (χ4v) is 2.50. The normalized spacial score (nSPS) is 27.2. The Labute approximate surface area is 128 Å². The molecule has 0 bridgehead atoms. The molecule has 1 unspecified atom stereocenters. The highest BCUT2D eigenvalue weighted by atomic mass is 16.7. The molecule has 1 fully saturated rings. The van der Waals surface area contributed by atoms with E-state index in [2.05, 4.69) is 39.1 Å². The van der Waals surface area contributed by atoms with Crippen LogP contribution in [0.1, 0.15) is 47.0 Å². The van der Waals surface area contributed by atoms with Crippen LogP contribution in [0.4, 0.5) is 4.79 Å². The number of rotatable bonds is 2. The fourth-order valence-electron chi connectivity index (χ4n) is 2.50. The quantitative estimate of drug-likeness (QED) is 0.795. The molecule has 118 valence electrons. The van der Waals surface area contributed by atoms with Gasteiger partial charge < -0.3 is 19.5 Å². The second-order valence-corrected chi connectivity index (χ2v) is 7.18. The number of carbonyl (C=O) groups excluding carboxylic acids is 1. The van der Waals surface area contributed by atoms with Gasteiger partial charge in [0.15, 0.2) is 0 Å². The molecule has 0 saturated carbocycles. The summed E-state index contributed by atoms with van der Waals surface area (Å²) in [6.45, 7) is 8.26. The van der Waals surface area contributed by atoms with E-state index in [1.54, 1.807) is 19.0 Å². The molecule has 2 rings (SSSR count). The minimum absolute atomic E-state index is 0.0347. The second kappa shape index (κ2) is 5.65. The largest absolute Gasteiger partial charge is 0.490 e. The Morgan fingerprint density at radius 3 is 2.29 bits per heavy atom. The molecule has 1 N–H and O–H groups in total. The Hall–Kier alpha value is -1.01. The SMILES string of the molecule is CN(C)C(=O)NC1CC=C(B2OC(C)(C)C(C)(C)O2)CC1. The van der Waals surface area contributed by atoms with Crippen molar-refractivity contribution in [1.29, 1.82) is 0 Å². The van der Waals surface area contributed by atoms with Crippen LogP contribution in [0.15, 0.2) is 11.5 Å². The van der Waals surface area contributed by atoms with Gasteiger partial charge in [0.1, 0.15) is 0 Å². The summed E-state index contributed by atoms with van der Waals surface area (Å²) in [4.78, 5) is 13.2. The Bertz CT molecular complexity index is 430. The second-order valence-electron chi connectivity index (χ2n) is 7.18. The van der Waals surface area contributed by atoms with Crippen LogP contribution in [0.25, 0.3) is 0 Å². The monoisotopic (exact) mass is 294 g/mol. The number of amides is 2. The molecule has 1 aliphatic carbocycles. The zero-order valence-electron chi connectivity index (χ0n) is 14.0. The summed E-state index contributed by atoms with van der Waals surface area (Å²) in [6.07, 6.45) is 4.82. The third-order valence-electron chi connectivity index (χ3n) is 4.74. The lowest BCUT2D eigenvalue weighted by Crippen LogP contribution is -2.42. The van der Waals surface area contributed by atoms with Crippen LogP contribution >= 0.6 is 0 Å². The molecular weight excluding hydrogens is 267 g/mol. The maximum atomic E-state index is 11.7. The van der Waals surface area contributed by atoms with E-state index >= 15 is 0 Å². The van der Waals surface area contributed by atoms with Gasteiger partial charge in [-0.2, -0.15) is 0 Å². The third kappa shape index (κ3) is 3.43. The van der Waals surface area contributed by atoms with Crippen molar-refractivity contribution in [3.63, 3.8) is 0 Å². The Balaban J connectivity index is 1.94. The first-order valence-corrected chi connectivity index (χ1v) is 7.65. The topological polar surface area (TPSA) is 50.8 Å². The van der Waals surface area contributed by atoms with Gasteiger partial charge in [0.25, 0.3) is 0 Å². The molecule has 21 heavy (non-hydrogen) atoms. The Morgan fingerprint density at radius 1 is 1.29 bits per heavy atom. The van der Waals surface area contributed by atoms with Gasteiger partial charge in [0, 0.05) is 20.1 Å². The van der Waals surface area contributed by atoms with Crippen molar-refractivity contribution >= 4 is 13.1 Å². The predicted molar refractivity (Wildman–Crippen MR) is 84.0 cm³/mol. The molecule has 0 aromatic rings. The standard InChI is InChI=1S/C15H27BN2O3/c1-14(2)15(3,4)21-16(20-14)11-7-9-12(10-8-11)17-13(19)18(5)6/h7,12H,8-10H2,1-6H3,(H,17,19). The summed E-state index contributed by atoms with van der Waals surface area (Å²) in [6, 6.07) is 0.165. The highest BCUT2D eigenvalue weighted by Gasteiger charge is 2.52. The number of nitrogens with zero attached hydrogens (tertiary/aromatic N) is 1. The molecular formula is C15H27BN2O3. The molecule has 6 heteroatoms. The molecule has 0 aromatic carbocycles. The van der Waals surface area contributed by atoms with Crippen molar-refractivity contribution < 1.29 is 14.1 Å². The van der Waals surface area contributed by atoms with E-state index in [9.17, 15) is 4.79 Å². The smallest absolute Gasteiger partial charge is 0.400 e. The molecule has 1 atom stereocenters. The molecule has 1 saturated heterocycles. The van der Waals surface area contributed by atoms with Gasteiger partial charge in [0.2, 0.25) is 0 Å². The zero-order chi connectivity index (χ0) is 15.8. The minimum Gasteiger partial charge on any atom is -0.400 e. The van der Waals surface area contributed by atoms with Crippen LogP contribution in [0.5, 0.6) is 0 Å². The number of hydrogen-bond donors (Lipinski definition) is 1. The molecule has 0 spiro atoms. The molecule has 1 aliphatic heterocycles. The van der Waals surface area contributed by atoms with Gasteiger partial charge in [-0.3, -0.25) is 0 Å². The number of urea groups is 1. The average molecular weight is 294 g/mol. The van der Waals surface area contributed by atoms with E-state index in [0.717, 1.165) is 19.3 Å². The van der Waals surface area contributed by atoms with Crippen LogP contribution < -0.4 is 5.32 Å². The van der Waals surface area contributed by atoms with E-state index in [-0.39, 0.29) is 30.4 Å². The van der Waals surface area contributed by atoms with Crippen molar-refractivity contribution in [2.24, 2.45) is 0 Å². The maximum Gasteiger partial charge on any atom is 0.490 e. The summed E-state index contributed by atoms with van der Waals surface area (Å²) in [7, 11) is 3.26. The van der Waals surface area contributed by atoms with Crippen molar-refractivity contribution in [3.8, 4) is 0 Å². The molecule has 2 amide bonds. The number of allylic oxidation sites excluding steroid dienone is 1. The van der Waals surface area contributed by atoms with Gasteiger partial charge in [-0.25, -0.2) is 4.79 Å². The van der Waals surface area contributed by atoms with Crippen LogP contribution in [-0.4, -0.2) is 49.4 Å². The zero-order valence-corrected chi connectivity index (χ0v) is 14.0. The Kier molecular flexibility index (Phi) is 4.40.